The molecule has 0 bridgehead atoms. The first kappa shape index (κ1) is 23.1. The highest BCUT2D eigenvalue weighted by atomic mass is 35.5. The summed E-state index contributed by atoms with van der Waals surface area (Å²) in [5.41, 5.74) is 3.41. The van der Waals surface area contributed by atoms with Crippen molar-refractivity contribution >= 4 is 34.1 Å². The van der Waals surface area contributed by atoms with Gasteiger partial charge in [-0.2, -0.15) is 0 Å². The largest absolute Gasteiger partial charge is 0.387 e. The second-order valence-electron chi connectivity index (χ2n) is 6.20. The first-order valence-corrected chi connectivity index (χ1v) is 10.9. The van der Waals surface area contributed by atoms with E-state index < -0.39 is 11.9 Å². The Hall–Kier alpha value is -2.14. The maximum Gasteiger partial charge on any atom is 0.132 e. The van der Waals surface area contributed by atoms with Gasteiger partial charge in [0.05, 0.1) is 0 Å². The molecular weight excluding hydrogens is 405 g/mol. The molecule has 1 unspecified atom stereocenters. The second kappa shape index (κ2) is 11.1. The van der Waals surface area contributed by atoms with Crippen molar-refractivity contribution in [3.05, 3.63) is 92.6 Å². The minimum Gasteiger partial charge on any atom is -0.387 e. The van der Waals surface area contributed by atoms with Crippen LogP contribution in [0.1, 0.15) is 38.1 Å². The number of benzene rings is 1. The molecule has 1 aromatic carbocycles. The van der Waals surface area contributed by atoms with Gasteiger partial charge in [-0.15, -0.1) is 11.3 Å². The van der Waals surface area contributed by atoms with Crippen LogP contribution in [0.25, 0.3) is 11.1 Å². The number of nitrogens with one attached hydrogen (secondary N) is 1. The fourth-order valence-corrected chi connectivity index (χ4v) is 4.07. The summed E-state index contributed by atoms with van der Waals surface area (Å²) in [6.45, 7) is 8.53. The van der Waals surface area contributed by atoms with Crippen molar-refractivity contribution in [1.82, 2.24) is 5.32 Å². The van der Waals surface area contributed by atoms with Gasteiger partial charge in [0.15, 0.2) is 0 Å². The molecule has 0 saturated carbocycles. The highest BCUT2D eigenvalue weighted by molar-refractivity contribution is 7.11. The quantitative estimate of drug-likeness (QED) is 0.507. The summed E-state index contributed by atoms with van der Waals surface area (Å²) in [6.07, 6.45) is 6.60. The van der Waals surface area contributed by atoms with Crippen LogP contribution in [-0.4, -0.2) is 17.8 Å². The third kappa shape index (κ3) is 5.47. The zero-order valence-electron chi connectivity index (χ0n) is 17.2. The van der Waals surface area contributed by atoms with Gasteiger partial charge in [0.2, 0.25) is 0 Å². The molecule has 1 aliphatic heterocycles. The van der Waals surface area contributed by atoms with Gasteiger partial charge in [0.1, 0.15) is 11.9 Å². The summed E-state index contributed by atoms with van der Waals surface area (Å²) in [5.74, 6) is -0.412. The fourth-order valence-electron chi connectivity index (χ4n) is 3.17. The van der Waals surface area contributed by atoms with Gasteiger partial charge < -0.3 is 10.4 Å². The van der Waals surface area contributed by atoms with E-state index >= 15 is 0 Å². The molecule has 1 aromatic heterocycles. The van der Waals surface area contributed by atoms with Gasteiger partial charge in [-0.05, 0) is 60.2 Å². The number of aliphatic hydroxyl groups excluding tert-OH is 1. The molecule has 2 aromatic rings. The Morgan fingerprint density at radius 2 is 2.07 bits per heavy atom. The lowest BCUT2D eigenvalue weighted by molar-refractivity contribution is 0.255. The van der Waals surface area contributed by atoms with Crippen LogP contribution < -0.4 is 5.32 Å². The third-order valence-corrected chi connectivity index (χ3v) is 5.72. The van der Waals surface area contributed by atoms with E-state index in [1.165, 1.54) is 6.07 Å². The van der Waals surface area contributed by atoms with Crippen molar-refractivity contribution in [3.8, 4) is 0 Å². The molecule has 1 atom stereocenters. The van der Waals surface area contributed by atoms with E-state index in [0.717, 1.165) is 22.6 Å². The molecule has 5 heteroatoms. The van der Waals surface area contributed by atoms with E-state index in [4.69, 9.17) is 11.6 Å². The summed E-state index contributed by atoms with van der Waals surface area (Å²) < 4.78 is 14.7. The lowest BCUT2D eigenvalue weighted by Gasteiger charge is -2.24. The second-order valence-corrected chi connectivity index (χ2v) is 7.58. The molecule has 154 valence electrons. The van der Waals surface area contributed by atoms with Gasteiger partial charge >= 0.3 is 0 Å². The van der Waals surface area contributed by atoms with E-state index in [2.05, 4.69) is 5.32 Å². The van der Waals surface area contributed by atoms with Gasteiger partial charge in [-0.3, -0.25) is 0 Å². The fraction of sp³-hybridized carbons (Fsp3) is 0.250. The van der Waals surface area contributed by atoms with Gasteiger partial charge in [-0.25, -0.2) is 4.39 Å². The Kier molecular flexibility index (Phi) is 8.90. The van der Waals surface area contributed by atoms with E-state index in [0.29, 0.717) is 21.7 Å². The molecule has 0 aliphatic carbocycles. The molecular formula is C24H27ClFNOS. The minimum absolute atomic E-state index is 0.342. The average Bonchev–Trinajstić information content (AvgIpc) is 3.29. The summed E-state index contributed by atoms with van der Waals surface area (Å²) in [4.78, 5) is 1.03. The molecule has 0 fully saturated rings. The van der Waals surface area contributed by atoms with Gasteiger partial charge in [0, 0.05) is 33.8 Å². The van der Waals surface area contributed by atoms with Crippen LogP contribution in [0.4, 0.5) is 4.39 Å². The third-order valence-electron chi connectivity index (χ3n) is 4.50. The molecule has 3 rings (SSSR count). The van der Waals surface area contributed by atoms with Crippen molar-refractivity contribution in [2.24, 2.45) is 0 Å². The summed E-state index contributed by atoms with van der Waals surface area (Å²) in [7, 11) is 0. The molecule has 0 amide bonds. The lowest BCUT2D eigenvalue weighted by atomic mass is 9.86. The number of thiophene rings is 1. The molecule has 0 spiro atoms. The molecule has 0 radical (unpaired) electrons. The smallest absolute Gasteiger partial charge is 0.132 e. The monoisotopic (exact) mass is 431 g/mol. The standard InChI is InChI=1S/C22H21ClFNOS.C2H6/c1-3-17(18-9-8-16(23)12-19(18)24)21(14(2)20-7-5-11-27-20)22(26)15-6-4-10-25-13-15;1-2/h3-9,11-13,22,25-26H,10H2,1-2H3;1-2H3/b17-3-,21-14-;. The number of hydrogen-bond acceptors (Lipinski definition) is 3. The normalized spacial score (nSPS) is 15.6. The predicted octanol–water partition coefficient (Wildman–Crippen LogP) is 6.85. The van der Waals surface area contributed by atoms with Gasteiger partial charge in [-0.1, -0.05) is 49.7 Å². The lowest BCUT2D eigenvalue weighted by Crippen LogP contribution is -2.21. The van der Waals surface area contributed by atoms with Gasteiger partial charge in [0.25, 0.3) is 0 Å². The first-order valence-electron chi connectivity index (χ1n) is 9.67. The molecule has 2 nitrogen and oxygen atoms in total. The van der Waals surface area contributed by atoms with E-state index in [9.17, 15) is 9.50 Å². The van der Waals surface area contributed by atoms with E-state index in [1.54, 1.807) is 29.7 Å². The number of allylic oxidation sites excluding steroid dienone is 2. The number of hydrogen-bond donors (Lipinski definition) is 2. The van der Waals surface area contributed by atoms with Crippen molar-refractivity contribution in [2.45, 2.75) is 33.8 Å². The Morgan fingerprint density at radius 3 is 2.62 bits per heavy atom. The van der Waals surface area contributed by atoms with Crippen LogP contribution >= 0.6 is 22.9 Å². The molecule has 29 heavy (non-hydrogen) atoms. The van der Waals surface area contributed by atoms with Crippen LogP contribution in [0.5, 0.6) is 0 Å². The Morgan fingerprint density at radius 1 is 1.31 bits per heavy atom. The topological polar surface area (TPSA) is 32.3 Å². The summed E-state index contributed by atoms with van der Waals surface area (Å²) in [6, 6.07) is 8.58. The Labute approximate surface area is 181 Å². The summed E-state index contributed by atoms with van der Waals surface area (Å²) in [5, 5.41) is 16.7. The van der Waals surface area contributed by atoms with Crippen LogP contribution in [0.15, 0.2) is 71.3 Å². The molecule has 2 heterocycles. The van der Waals surface area contributed by atoms with Crippen molar-refractivity contribution < 1.29 is 9.50 Å². The highest BCUT2D eigenvalue weighted by Gasteiger charge is 2.24. The average molecular weight is 432 g/mol. The number of aliphatic hydroxyl groups is 1. The number of halogens is 2. The van der Waals surface area contributed by atoms with Crippen LogP contribution in [-0.2, 0) is 0 Å². The maximum absolute atomic E-state index is 14.7. The number of rotatable bonds is 5. The van der Waals surface area contributed by atoms with Crippen LogP contribution in [0, 0.1) is 5.82 Å². The summed E-state index contributed by atoms with van der Waals surface area (Å²) >= 11 is 7.52. The molecule has 0 saturated heterocycles. The number of dihydropyridines is 1. The van der Waals surface area contributed by atoms with Crippen LogP contribution in [0.3, 0.4) is 0 Å². The SMILES string of the molecule is C/C=C(\C(=C(/C)c1cccs1)C(O)C1=CNCC=C1)c1ccc(Cl)cc1F.CC. The maximum atomic E-state index is 14.7. The zero-order valence-corrected chi connectivity index (χ0v) is 18.7. The molecule has 1 aliphatic rings. The van der Waals surface area contributed by atoms with E-state index in [-0.39, 0.29) is 0 Å². The predicted molar refractivity (Wildman–Crippen MR) is 125 cm³/mol. The minimum atomic E-state index is -0.891. The zero-order chi connectivity index (χ0) is 21.4. The Balaban J connectivity index is 0.00000145. The molecule has 2 N–H and O–H groups in total. The van der Waals surface area contributed by atoms with Crippen molar-refractivity contribution in [3.63, 3.8) is 0 Å². The van der Waals surface area contributed by atoms with Crippen molar-refractivity contribution in [1.29, 1.82) is 0 Å². The highest BCUT2D eigenvalue weighted by Crippen LogP contribution is 2.37. The van der Waals surface area contributed by atoms with E-state index in [1.807, 2.05) is 63.4 Å². The van der Waals surface area contributed by atoms with Crippen LogP contribution in [0.2, 0.25) is 5.02 Å². The Bertz CT molecular complexity index is 942. The van der Waals surface area contributed by atoms with Crippen molar-refractivity contribution in [2.75, 3.05) is 6.54 Å². The first-order chi connectivity index (χ1) is 14.0.